The van der Waals surface area contributed by atoms with Crippen molar-refractivity contribution in [3.63, 3.8) is 0 Å². The molecular formula is C21H23F3N4O5. The number of amides is 1. The lowest BCUT2D eigenvalue weighted by Gasteiger charge is -2.42. The number of pyridine rings is 2. The predicted octanol–water partition coefficient (Wildman–Crippen LogP) is 1.74. The smallest absolute Gasteiger partial charge is 0.475 e. The summed E-state index contributed by atoms with van der Waals surface area (Å²) in [5.41, 5.74) is 0.453. The number of anilines is 1. The van der Waals surface area contributed by atoms with E-state index in [9.17, 15) is 18.0 Å². The highest BCUT2D eigenvalue weighted by atomic mass is 19.4. The third-order valence-corrected chi connectivity index (χ3v) is 4.96. The Labute approximate surface area is 187 Å². The SMILES string of the molecule is O=C(O)C(F)(F)F.O=C1COC2(COCCN(Cc3ccccn3)C2)CN1c1ccccn1. The number of ether oxygens (including phenoxy) is 2. The molecule has 1 atom stereocenters. The zero-order valence-corrected chi connectivity index (χ0v) is 17.6. The highest BCUT2D eigenvalue weighted by molar-refractivity contribution is 5.94. The van der Waals surface area contributed by atoms with Crippen molar-refractivity contribution >= 4 is 17.7 Å². The summed E-state index contributed by atoms with van der Waals surface area (Å²) in [6, 6.07) is 11.5. The van der Waals surface area contributed by atoms with Crippen LogP contribution in [0.1, 0.15) is 5.69 Å². The number of aliphatic carboxylic acids is 1. The van der Waals surface area contributed by atoms with E-state index in [1.807, 2.05) is 36.4 Å². The zero-order valence-electron chi connectivity index (χ0n) is 17.6. The molecule has 2 fully saturated rings. The number of rotatable bonds is 3. The van der Waals surface area contributed by atoms with Crippen LogP contribution < -0.4 is 4.90 Å². The molecule has 4 heterocycles. The van der Waals surface area contributed by atoms with Crippen LogP contribution in [0, 0.1) is 0 Å². The first-order valence-electron chi connectivity index (χ1n) is 10.0. The first-order valence-corrected chi connectivity index (χ1v) is 10.0. The normalized spacial score (nSPS) is 21.8. The Morgan fingerprint density at radius 1 is 1.12 bits per heavy atom. The molecule has 2 aromatic rings. The Morgan fingerprint density at radius 2 is 1.82 bits per heavy atom. The van der Waals surface area contributed by atoms with Crippen LogP contribution in [0.3, 0.4) is 0 Å². The Kier molecular flexibility index (Phi) is 7.95. The van der Waals surface area contributed by atoms with Crippen molar-refractivity contribution in [3.8, 4) is 0 Å². The highest BCUT2D eigenvalue weighted by Crippen LogP contribution is 2.26. The van der Waals surface area contributed by atoms with Crippen molar-refractivity contribution in [2.24, 2.45) is 0 Å². The monoisotopic (exact) mass is 468 g/mol. The van der Waals surface area contributed by atoms with E-state index in [2.05, 4.69) is 14.9 Å². The van der Waals surface area contributed by atoms with Gasteiger partial charge in [-0.25, -0.2) is 9.78 Å². The van der Waals surface area contributed by atoms with E-state index < -0.39 is 17.7 Å². The van der Waals surface area contributed by atoms with Gasteiger partial charge >= 0.3 is 12.1 Å². The van der Waals surface area contributed by atoms with E-state index in [1.165, 1.54) is 0 Å². The van der Waals surface area contributed by atoms with E-state index in [0.717, 1.165) is 18.8 Å². The van der Waals surface area contributed by atoms with Crippen molar-refractivity contribution < 1.29 is 37.3 Å². The van der Waals surface area contributed by atoms with Gasteiger partial charge in [-0.3, -0.25) is 19.6 Å². The highest BCUT2D eigenvalue weighted by Gasteiger charge is 2.43. The summed E-state index contributed by atoms with van der Waals surface area (Å²) in [5.74, 6) is -2.18. The number of carboxylic acid groups (broad SMARTS) is 1. The number of aromatic nitrogens is 2. The second kappa shape index (κ2) is 10.7. The van der Waals surface area contributed by atoms with Crippen LogP contribution in [0.25, 0.3) is 0 Å². The van der Waals surface area contributed by atoms with Crippen LogP contribution in [0.4, 0.5) is 19.0 Å². The average molecular weight is 468 g/mol. The largest absolute Gasteiger partial charge is 0.490 e. The predicted molar refractivity (Wildman–Crippen MR) is 109 cm³/mol. The number of carbonyl (C=O) groups excluding carboxylic acids is 1. The van der Waals surface area contributed by atoms with E-state index in [-0.39, 0.29) is 12.5 Å². The minimum atomic E-state index is -5.08. The van der Waals surface area contributed by atoms with Gasteiger partial charge in [-0.05, 0) is 24.3 Å². The van der Waals surface area contributed by atoms with Gasteiger partial charge in [-0.15, -0.1) is 0 Å². The number of morpholine rings is 1. The van der Waals surface area contributed by atoms with Gasteiger partial charge in [0.2, 0.25) is 0 Å². The van der Waals surface area contributed by atoms with E-state index in [4.69, 9.17) is 19.4 Å². The molecule has 1 amide bonds. The van der Waals surface area contributed by atoms with Crippen LogP contribution in [-0.2, 0) is 25.6 Å². The van der Waals surface area contributed by atoms with Crippen LogP contribution >= 0.6 is 0 Å². The molecule has 178 valence electrons. The topological polar surface area (TPSA) is 105 Å². The van der Waals surface area contributed by atoms with Gasteiger partial charge in [0.05, 0.1) is 25.5 Å². The van der Waals surface area contributed by atoms with Gasteiger partial charge in [0.1, 0.15) is 18.0 Å². The maximum atomic E-state index is 12.4. The zero-order chi connectivity index (χ0) is 23.9. The van der Waals surface area contributed by atoms with Crippen LogP contribution in [0.2, 0.25) is 0 Å². The van der Waals surface area contributed by atoms with E-state index in [0.29, 0.717) is 32.1 Å². The van der Waals surface area contributed by atoms with Crippen molar-refractivity contribution in [1.29, 1.82) is 0 Å². The first-order chi connectivity index (χ1) is 15.7. The van der Waals surface area contributed by atoms with Gasteiger partial charge in [-0.2, -0.15) is 13.2 Å². The molecule has 0 aliphatic carbocycles. The lowest BCUT2D eigenvalue weighted by Crippen LogP contribution is -2.60. The Hall–Kier alpha value is -3.09. The van der Waals surface area contributed by atoms with E-state index >= 15 is 0 Å². The summed E-state index contributed by atoms with van der Waals surface area (Å²) in [7, 11) is 0. The minimum Gasteiger partial charge on any atom is -0.475 e. The molecule has 2 aliphatic heterocycles. The molecule has 0 saturated carbocycles. The number of nitrogens with zero attached hydrogens (tertiary/aromatic N) is 4. The maximum Gasteiger partial charge on any atom is 0.490 e. The van der Waals surface area contributed by atoms with Gasteiger partial charge in [0.15, 0.2) is 0 Å². The summed E-state index contributed by atoms with van der Waals surface area (Å²) < 4.78 is 43.6. The molecule has 2 aromatic heterocycles. The minimum absolute atomic E-state index is 0.0390. The van der Waals surface area contributed by atoms with Gasteiger partial charge in [-0.1, -0.05) is 12.1 Å². The number of carbonyl (C=O) groups is 2. The summed E-state index contributed by atoms with van der Waals surface area (Å²) in [5, 5.41) is 7.12. The molecule has 33 heavy (non-hydrogen) atoms. The number of hydrogen-bond donors (Lipinski definition) is 1. The second-order valence-electron chi connectivity index (χ2n) is 7.53. The van der Waals surface area contributed by atoms with Gasteiger partial charge in [0.25, 0.3) is 5.91 Å². The first kappa shape index (κ1) is 24.6. The molecule has 2 aliphatic rings. The third kappa shape index (κ3) is 6.94. The Bertz CT molecular complexity index is 933. The fourth-order valence-corrected chi connectivity index (χ4v) is 3.46. The Balaban J connectivity index is 0.000000383. The quantitative estimate of drug-likeness (QED) is 0.727. The maximum absolute atomic E-state index is 12.4. The fourth-order valence-electron chi connectivity index (χ4n) is 3.46. The summed E-state index contributed by atoms with van der Waals surface area (Å²) in [4.78, 5) is 34.0. The van der Waals surface area contributed by atoms with Crippen LogP contribution in [0.15, 0.2) is 48.8 Å². The second-order valence-corrected chi connectivity index (χ2v) is 7.53. The van der Waals surface area contributed by atoms with Crippen LogP contribution in [-0.4, -0.2) is 83.1 Å². The molecule has 12 heteroatoms. The van der Waals surface area contributed by atoms with Gasteiger partial charge in [0, 0.05) is 32.0 Å². The summed E-state index contributed by atoms with van der Waals surface area (Å²) >= 11 is 0. The third-order valence-electron chi connectivity index (χ3n) is 4.96. The molecule has 0 aromatic carbocycles. The molecule has 0 bridgehead atoms. The van der Waals surface area contributed by atoms with Crippen molar-refractivity contribution in [2.45, 2.75) is 18.3 Å². The standard InChI is InChI=1S/C19H22N4O3.C2HF3O2/c24-18-12-26-19(14-23(18)17-6-2-4-8-21-17)13-22(9-10-25-15-19)11-16-5-1-3-7-20-16;3-2(4,5)1(6)7/h1-8H,9-15H2;(H,6,7). The Morgan fingerprint density at radius 3 is 2.42 bits per heavy atom. The number of hydrogen-bond acceptors (Lipinski definition) is 7. The summed E-state index contributed by atoms with van der Waals surface area (Å²) in [6.45, 7) is 3.78. The number of carboxylic acids is 1. The van der Waals surface area contributed by atoms with E-state index in [1.54, 1.807) is 17.3 Å². The van der Waals surface area contributed by atoms with Crippen molar-refractivity contribution in [2.75, 3.05) is 44.4 Å². The van der Waals surface area contributed by atoms with Gasteiger partial charge < -0.3 is 14.6 Å². The molecule has 0 radical (unpaired) electrons. The lowest BCUT2D eigenvalue weighted by atomic mass is 10.0. The molecule has 2 saturated heterocycles. The van der Waals surface area contributed by atoms with Crippen LogP contribution in [0.5, 0.6) is 0 Å². The molecular weight excluding hydrogens is 445 g/mol. The van der Waals surface area contributed by atoms with Crippen molar-refractivity contribution in [1.82, 2.24) is 14.9 Å². The lowest BCUT2D eigenvalue weighted by molar-refractivity contribution is -0.192. The molecule has 1 spiro atoms. The molecule has 1 N–H and O–H groups in total. The fraction of sp³-hybridized carbons (Fsp3) is 0.429. The number of alkyl halides is 3. The molecule has 4 rings (SSSR count). The molecule has 1 unspecified atom stereocenters. The average Bonchev–Trinajstić information content (AvgIpc) is 2.99. The molecule has 9 nitrogen and oxygen atoms in total. The summed E-state index contributed by atoms with van der Waals surface area (Å²) in [6.07, 6.45) is -1.58. The van der Waals surface area contributed by atoms with Crippen molar-refractivity contribution in [3.05, 3.63) is 54.5 Å². The number of halogens is 3.